The molecule has 2 unspecified atom stereocenters. The average Bonchev–Trinajstić information content (AvgIpc) is 2.50. The van der Waals surface area contributed by atoms with Gasteiger partial charge in [0.25, 0.3) is 0 Å². The van der Waals surface area contributed by atoms with Crippen LogP contribution in [0.3, 0.4) is 0 Å². The molecular formula is C16H32N2O2. The third kappa shape index (κ3) is 3.35. The van der Waals surface area contributed by atoms with Crippen molar-refractivity contribution < 1.29 is 9.84 Å². The van der Waals surface area contributed by atoms with Gasteiger partial charge in [-0.05, 0) is 40.7 Å². The second-order valence-corrected chi connectivity index (χ2v) is 7.50. The lowest BCUT2D eigenvalue weighted by molar-refractivity contribution is -0.0915. The summed E-state index contributed by atoms with van der Waals surface area (Å²) in [4.78, 5) is 5.03. The maximum absolute atomic E-state index is 10.6. The van der Waals surface area contributed by atoms with Crippen LogP contribution in [0.1, 0.15) is 41.0 Å². The number of aliphatic hydroxyl groups excluding tert-OH is 1. The molecule has 0 aliphatic carbocycles. The van der Waals surface area contributed by atoms with Gasteiger partial charge in [0.05, 0.1) is 17.3 Å². The van der Waals surface area contributed by atoms with Gasteiger partial charge in [-0.3, -0.25) is 0 Å². The number of rotatable bonds is 4. The van der Waals surface area contributed by atoms with E-state index in [9.17, 15) is 5.11 Å². The van der Waals surface area contributed by atoms with Crippen LogP contribution in [0, 0.1) is 5.92 Å². The quantitative estimate of drug-likeness (QED) is 0.850. The minimum Gasteiger partial charge on any atom is -0.390 e. The Morgan fingerprint density at radius 3 is 2.00 bits per heavy atom. The topological polar surface area (TPSA) is 35.9 Å². The van der Waals surface area contributed by atoms with E-state index in [1.54, 1.807) is 0 Å². The van der Waals surface area contributed by atoms with Crippen LogP contribution in [0.15, 0.2) is 0 Å². The monoisotopic (exact) mass is 284 g/mol. The van der Waals surface area contributed by atoms with Gasteiger partial charge >= 0.3 is 0 Å². The summed E-state index contributed by atoms with van der Waals surface area (Å²) in [6.45, 7) is 17.1. The van der Waals surface area contributed by atoms with Gasteiger partial charge in [-0.15, -0.1) is 0 Å². The predicted molar refractivity (Wildman–Crippen MR) is 81.9 cm³/mol. The largest absolute Gasteiger partial charge is 0.390 e. The van der Waals surface area contributed by atoms with Crippen molar-refractivity contribution in [3.05, 3.63) is 0 Å². The summed E-state index contributed by atoms with van der Waals surface area (Å²) in [5.41, 5.74) is -0.679. The Bertz CT molecular complexity index is 322. The summed E-state index contributed by atoms with van der Waals surface area (Å²) in [7, 11) is 0. The van der Waals surface area contributed by atoms with Crippen molar-refractivity contribution in [1.82, 2.24) is 9.80 Å². The SMILES string of the molecule is CCCN1CCN(CC2C(O)C(C)(C)OC2(C)C)CC1. The standard InChI is InChI=1S/C16H32N2O2/c1-6-7-17-8-10-18(11-9-17)12-13-14(19)16(4,5)20-15(13,2)3/h13-14,19H,6-12H2,1-5H3. The Labute approximate surface area is 124 Å². The van der Waals surface area contributed by atoms with Crippen LogP contribution >= 0.6 is 0 Å². The molecule has 20 heavy (non-hydrogen) atoms. The van der Waals surface area contributed by atoms with Crippen molar-refractivity contribution in [3.63, 3.8) is 0 Å². The summed E-state index contributed by atoms with van der Waals surface area (Å²) in [5.74, 6) is 0.190. The molecule has 0 saturated carbocycles. The molecule has 0 aromatic heterocycles. The third-order valence-electron chi connectivity index (χ3n) is 4.97. The molecular weight excluding hydrogens is 252 g/mol. The second-order valence-electron chi connectivity index (χ2n) is 7.50. The Morgan fingerprint density at radius 1 is 1.00 bits per heavy atom. The molecule has 2 aliphatic rings. The summed E-state index contributed by atoms with van der Waals surface area (Å²) < 4.78 is 6.08. The number of hydrogen-bond acceptors (Lipinski definition) is 4. The summed E-state index contributed by atoms with van der Waals surface area (Å²) in [6.07, 6.45) is 0.849. The number of aliphatic hydroxyl groups is 1. The molecule has 118 valence electrons. The molecule has 0 amide bonds. The Kier molecular flexibility index (Phi) is 4.80. The zero-order chi connectivity index (χ0) is 15.0. The zero-order valence-electron chi connectivity index (χ0n) is 13.9. The van der Waals surface area contributed by atoms with E-state index in [1.807, 2.05) is 13.8 Å². The van der Waals surface area contributed by atoms with Gasteiger partial charge in [-0.25, -0.2) is 0 Å². The molecule has 4 heteroatoms. The molecule has 4 nitrogen and oxygen atoms in total. The van der Waals surface area contributed by atoms with Gasteiger partial charge in [-0.1, -0.05) is 6.92 Å². The van der Waals surface area contributed by atoms with E-state index < -0.39 is 5.60 Å². The van der Waals surface area contributed by atoms with Gasteiger partial charge in [-0.2, -0.15) is 0 Å². The molecule has 2 atom stereocenters. The number of ether oxygens (including phenoxy) is 1. The Balaban J connectivity index is 1.91. The van der Waals surface area contributed by atoms with Gasteiger partial charge in [0.1, 0.15) is 0 Å². The van der Waals surface area contributed by atoms with Crippen LogP contribution in [0.25, 0.3) is 0 Å². The molecule has 0 aromatic carbocycles. The molecule has 0 radical (unpaired) electrons. The summed E-state index contributed by atoms with van der Waals surface area (Å²) in [5, 5.41) is 10.6. The normalized spacial score (nSPS) is 34.5. The first-order valence-corrected chi connectivity index (χ1v) is 8.09. The molecule has 2 saturated heterocycles. The lowest BCUT2D eigenvalue weighted by atomic mass is 9.84. The van der Waals surface area contributed by atoms with Crippen LogP contribution < -0.4 is 0 Å². The van der Waals surface area contributed by atoms with Crippen molar-refractivity contribution in [2.75, 3.05) is 39.3 Å². The first-order chi connectivity index (χ1) is 9.26. The minimum absolute atomic E-state index is 0.190. The van der Waals surface area contributed by atoms with Crippen LogP contribution in [-0.2, 0) is 4.74 Å². The fraction of sp³-hybridized carbons (Fsp3) is 1.00. The van der Waals surface area contributed by atoms with Gasteiger partial charge < -0.3 is 19.6 Å². The van der Waals surface area contributed by atoms with Crippen LogP contribution in [-0.4, -0.2) is 71.5 Å². The van der Waals surface area contributed by atoms with Crippen molar-refractivity contribution in [1.29, 1.82) is 0 Å². The van der Waals surface area contributed by atoms with Crippen molar-refractivity contribution >= 4 is 0 Å². The number of nitrogens with zero attached hydrogens (tertiary/aromatic N) is 2. The van der Waals surface area contributed by atoms with Crippen LogP contribution in [0.2, 0.25) is 0 Å². The van der Waals surface area contributed by atoms with E-state index >= 15 is 0 Å². The minimum atomic E-state index is -0.432. The maximum Gasteiger partial charge on any atom is 0.0896 e. The van der Waals surface area contributed by atoms with E-state index in [0.717, 1.165) is 32.7 Å². The third-order valence-corrected chi connectivity index (χ3v) is 4.97. The smallest absolute Gasteiger partial charge is 0.0896 e. The van der Waals surface area contributed by atoms with E-state index in [2.05, 4.69) is 30.6 Å². The fourth-order valence-electron chi connectivity index (χ4n) is 3.79. The predicted octanol–water partition coefficient (Wildman–Crippen LogP) is 1.58. The average molecular weight is 284 g/mol. The Morgan fingerprint density at radius 2 is 1.55 bits per heavy atom. The van der Waals surface area contributed by atoms with E-state index in [-0.39, 0.29) is 17.6 Å². The molecule has 0 bridgehead atoms. The Hall–Kier alpha value is -0.160. The number of hydrogen-bond donors (Lipinski definition) is 1. The summed E-state index contributed by atoms with van der Waals surface area (Å²) >= 11 is 0. The summed E-state index contributed by atoms with van der Waals surface area (Å²) in [6, 6.07) is 0. The first kappa shape index (κ1) is 16.2. The van der Waals surface area contributed by atoms with E-state index in [4.69, 9.17) is 4.74 Å². The highest BCUT2D eigenvalue weighted by molar-refractivity contribution is 5.02. The number of piperazine rings is 1. The van der Waals surface area contributed by atoms with Gasteiger partial charge in [0.2, 0.25) is 0 Å². The molecule has 2 rings (SSSR count). The molecule has 2 fully saturated rings. The molecule has 2 heterocycles. The van der Waals surface area contributed by atoms with Crippen molar-refractivity contribution in [3.8, 4) is 0 Å². The van der Waals surface area contributed by atoms with Crippen molar-refractivity contribution in [2.24, 2.45) is 5.92 Å². The molecule has 0 aromatic rings. The van der Waals surface area contributed by atoms with Gasteiger partial charge in [0.15, 0.2) is 0 Å². The lowest BCUT2D eigenvalue weighted by Gasteiger charge is -2.38. The highest BCUT2D eigenvalue weighted by atomic mass is 16.5. The van der Waals surface area contributed by atoms with Gasteiger partial charge in [0, 0.05) is 38.6 Å². The van der Waals surface area contributed by atoms with E-state index in [0.29, 0.717) is 0 Å². The van der Waals surface area contributed by atoms with E-state index in [1.165, 1.54) is 13.0 Å². The molecule has 1 N–H and O–H groups in total. The molecule has 0 spiro atoms. The molecule has 2 aliphatic heterocycles. The first-order valence-electron chi connectivity index (χ1n) is 8.09. The fourth-order valence-corrected chi connectivity index (χ4v) is 3.79. The van der Waals surface area contributed by atoms with Crippen LogP contribution in [0.4, 0.5) is 0 Å². The maximum atomic E-state index is 10.6. The zero-order valence-corrected chi connectivity index (χ0v) is 13.9. The highest BCUT2D eigenvalue weighted by Gasteiger charge is 2.53. The van der Waals surface area contributed by atoms with Crippen LogP contribution in [0.5, 0.6) is 0 Å². The van der Waals surface area contributed by atoms with Crippen molar-refractivity contribution in [2.45, 2.75) is 58.3 Å². The second kappa shape index (κ2) is 5.91. The lowest BCUT2D eigenvalue weighted by Crippen LogP contribution is -2.51. The highest BCUT2D eigenvalue weighted by Crippen LogP contribution is 2.42.